The fraction of sp³-hybridized carbons (Fsp3) is 0.400. The van der Waals surface area contributed by atoms with Gasteiger partial charge in [0.05, 0.1) is 12.5 Å². The Balaban J connectivity index is 1.44. The van der Waals surface area contributed by atoms with E-state index in [4.69, 9.17) is 4.74 Å². The zero-order valence-corrected chi connectivity index (χ0v) is 18.4. The molecule has 1 aliphatic carbocycles. The third kappa shape index (κ3) is 4.85. The summed E-state index contributed by atoms with van der Waals surface area (Å²) in [7, 11) is 0. The van der Waals surface area contributed by atoms with Gasteiger partial charge < -0.3 is 25.2 Å². The number of aliphatic hydroxyl groups excluding tert-OH is 1. The fourth-order valence-electron chi connectivity index (χ4n) is 4.75. The van der Waals surface area contributed by atoms with Gasteiger partial charge in [-0.05, 0) is 42.0 Å². The quantitative estimate of drug-likeness (QED) is 0.621. The topological polar surface area (TPSA) is 116 Å². The van der Waals surface area contributed by atoms with E-state index in [0.717, 1.165) is 22.3 Å². The van der Waals surface area contributed by atoms with Crippen LogP contribution in [0.2, 0.25) is 0 Å². The number of aliphatic carboxylic acids is 1. The molecule has 2 aromatic rings. The van der Waals surface area contributed by atoms with Crippen LogP contribution in [-0.2, 0) is 14.3 Å². The first-order valence-electron chi connectivity index (χ1n) is 11.2. The summed E-state index contributed by atoms with van der Waals surface area (Å²) in [6, 6.07) is 14.4. The van der Waals surface area contributed by atoms with Gasteiger partial charge >= 0.3 is 12.1 Å². The summed E-state index contributed by atoms with van der Waals surface area (Å²) in [5.41, 5.74) is 4.30. The molecule has 2 aliphatic rings. The molecule has 174 valence electrons. The lowest BCUT2D eigenvalue weighted by Crippen LogP contribution is -2.55. The first-order valence-corrected chi connectivity index (χ1v) is 11.2. The van der Waals surface area contributed by atoms with Gasteiger partial charge in [-0.1, -0.05) is 48.5 Å². The zero-order chi connectivity index (χ0) is 23.5. The predicted octanol–water partition coefficient (Wildman–Crippen LogP) is 2.74. The second kappa shape index (κ2) is 9.62. The average molecular weight is 453 g/mol. The van der Waals surface area contributed by atoms with E-state index >= 15 is 0 Å². The minimum Gasteiger partial charge on any atom is -0.481 e. The molecule has 0 bridgehead atoms. The van der Waals surface area contributed by atoms with E-state index in [1.807, 2.05) is 55.5 Å². The summed E-state index contributed by atoms with van der Waals surface area (Å²) in [4.78, 5) is 38.4. The lowest BCUT2D eigenvalue weighted by atomic mass is 9.98. The number of carbonyl (C=O) groups excluding carboxylic acids is 2. The number of ether oxygens (including phenoxy) is 1. The van der Waals surface area contributed by atoms with Crippen molar-refractivity contribution >= 4 is 18.0 Å². The Bertz CT molecular complexity index is 1010. The SMILES string of the molecule is C[C@@H]1CC[C@H](O)CN1C(=O)C(CC(=O)O)NC(=O)OCC1c2ccccc2-c2ccccc21. The molecule has 0 spiro atoms. The van der Waals surface area contributed by atoms with Crippen LogP contribution in [0.1, 0.15) is 43.2 Å². The second-order valence-corrected chi connectivity index (χ2v) is 8.69. The Kier molecular flexibility index (Phi) is 6.65. The maximum Gasteiger partial charge on any atom is 0.407 e. The van der Waals surface area contributed by atoms with Crippen LogP contribution in [0.15, 0.2) is 48.5 Å². The lowest BCUT2D eigenvalue weighted by Gasteiger charge is -2.37. The number of benzene rings is 2. The van der Waals surface area contributed by atoms with E-state index in [2.05, 4.69) is 5.32 Å². The summed E-state index contributed by atoms with van der Waals surface area (Å²) < 4.78 is 5.47. The van der Waals surface area contributed by atoms with Crippen molar-refractivity contribution in [3.05, 3.63) is 59.7 Å². The van der Waals surface area contributed by atoms with Crippen LogP contribution in [0.3, 0.4) is 0 Å². The number of likely N-dealkylation sites (tertiary alicyclic amines) is 1. The Morgan fingerprint density at radius 1 is 1.06 bits per heavy atom. The molecule has 8 nitrogen and oxygen atoms in total. The third-order valence-corrected chi connectivity index (χ3v) is 6.45. The summed E-state index contributed by atoms with van der Waals surface area (Å²) in [6.07, 6.45) is -0.888. The van der Waals surface area contributed by atoms with E-state index in [1.54, 1.807) is 0 Å². The average Bonchev–Trinajstić information content (AvgIpc) is 3.12. The number of carboxylic acid groups (broad SMARTS) is 1. The van der Waals surface area contributed by atoms with Gasteiger partial charge in [-0.15, -0.1) is 0 Å². The van der Waals surface area contributed by atoms with Gasteiger partial charge in [0.2, 0.25) is 5.91 Å². The minimum atomic E-state index is -1.27. The number of carboxylic acids is 1. The standard InChI is InChI=1S/C25H28N2O6/c1-15-10-11-16(28)13-27(15)24(31)22(12-23(29)30)26-25(32)33-14-21-19-8-4-2-6-17(19)18-7-3-5-9-20(18)21/h2-9,15-16,21-22,28H,10-14H2,1H3,(H,26,32)(H,29,30)/t15-,16+,22?/m1/s1. The van der Waals surface area contributed by atoms with Crippen molar-refractivity contribution in [1.29, 1.82) is 0 Å². The molecule has 4 rings (SSSR count). The van der Waals surface area contributed by atoms with E-state index in [1.165, 1.54) is 4.90 Å². The van der Waals surface area contributed by atoms with Gasteiger partial charge in [0, 0.05) is 18.5 Å². The normalized spacial score (nSPS) is 20.5. The minimum absolute atomic E-state index is 0.0622. The Labute approximate surface area is 192 Å². The largest absolute Gasteiger partial charge is 0.481 e. The molecule has 8 heteroatoms. The molecule has 1 aliphatic heterocycles. The molecule has 1 saturated heterocycles. The van der Waals surface area contributed by atoms with E-state index < -0.39 is 36.5 Å². The number of nitrogens with zero attached hydrogens (tertiary/aromatic N) is 1. The number of piperidine rings is 1. The van der Waals surface area contributed by atoms with Crippen molar-refractivity contribution in [3.63, 3.8) is 0 Å². The summed E-state index contributed by atoms with van der Waals surface area (Å²) in [5, 5.41) is 21.6. The monoisotopic (exact) mass is 452 g/mol. The number of hydrogen-bond donors (Lipinski definition) is 3. The molecule has 0 saturated carbocycles. The number of hydrogen-bond acceptors (Lipinski definition) is 5. The van der Waals surface area contributed by atoms with Crippen LogP contribution in [0, 0.1) is 0 Å². The highest BCUT2D eigenvalue weighted by Crippen LogP contribution is 2.44. The van der Waals surface area contributed by atoms with Crippen molar-refractivity contribution in [2.45, 2.75) is 50.3 Å². The summed E-state index contributed by atoms with van der Waals surface area (Å²) in [6.45, 7) is 2.02. The Morgan fingerprint density at radius 3 is 2.27 bits per heavy atom. The first-order chi connectivity index (χ1) is 15.8. The Hall–Kier alpha value is -3.39. The molecular weight excluding hydrogens is 424 g/mol. The van der Waals surface area contributed by atoms with Crippen molar-refractivity contribution in [1.82, 2.24) is 10.2 Å². The van der Waals surface area contributed by atoms with Crippen molar-refractivity contribution in [2.75, 3.05) is 13.2 Å². The number of nitrogens with one attached hydrogen (secondary N) is 1. The lowest BCUT2D eigenvalue weighted by molar-refractivity contribution is -0.145. The highest BCUT2D eigenvalue weighted by Gasteiger charge is 2.35. The maximum atomic E-state index is 13.0. The fourth-order valence-corrected chi connectivity index (χ4v) is 4.75. The van der Waals surface area contributed by atoms with Crippen LogP contribution in [0.5, 0.6) is 0 Å². The molecule has 0 aromatic heterocycles. The molecule has 2 amide bonds. The number of fused-ring (bicyclic) bond motifs is 3. The molecule has 3 N–H and O–H groups in total. The van der Waals surface area contributed by atoms with Crippen LogP contribution < -0.4 is 5.32 Å². The van der Waals surface area contributed by atoms with Gasteiger partial charge in [-0.25, -0.2) is 4.79 Å². The maximum absolute atomic E-state index is 13.0. The van der Waals surface area contributed by atoms with Gasteiger partial charge in [-0.3, -0.25) is 9.59 Å². The number of amides is 2. The zero-order valence-electron chi connectivity index (χ0n) is 18.4. The van der Waals surface area contributed by atoms with Crippen LogP contribution in [-0.4, -0.2) is 64.4 Å². The Morgan fingerprint density at radius 2 is 1.67 bits per heavy atom. The number of carbonyl (C=O) groups is 3. The second-order valence-electron chi connectivity index (χ2n) is 8.69. The van der Waals surface area contributed by atoms with Crippen LogP contribution >= 0.6 is 0 Å². The van der Waals surface area contributed by atoms with Crippen LogP contribution in [0.4, 0.5) is 4.79 Å². The van der Waals surface area contributed by atoms with Gasteiger partial charge in [-0.2, -0.15) is 0 Å². The molecule has 33 heavy (non-hydrogen) atoms. The van der Waals surface area contributed by atoms with E-state index in [9.17, 15) is 24.6 Å². The van der Waals surface area contributed by atoms with Crippen molar-refractivity contribution in [2.24, 2.45) is 0 Å². The molecule has 2 aromatic carbocycles. The van der Waals surface area contributed by atoms with Crippen molar-refractivity contribution < 1.29 is 29.3 Å². The predicted molar refractivity (Wildman–Crippen MR) is 121 cm³/mol. The highest BCUT2D eigenvalue weighted by molar-refractivity contribution is 5.89. The number of rotatable bonds is 6. The van der Waals surface area contributed by atoms with E-state index in [-0.39, 0.29) is 25.1 Å². The molecule has 0 radical (unpaired) electrons. The van der Waals surface area contributed by atoms with Gasteiger partial charge in [0.1, 0.15) is 12.6 Å². The van der Waals surface area contributed by atoms with E-state index in [0.29, 0.717) is 12.8 Å². The number of aliphatic hydroxyl groups is 1. The molecular formula is C25H28N2O6. The molecule has 1 fully saturated rings. The number of β-amino-alcohol motifs (C(OH)–C–C–N with tert-alkyl or cyclic N) is 1. The number of alkyl carbamates (subject to hydrolysis) is 1. The first kappa shape index (κ1) is 22.8. The molecule has 3 atom stereocenters. The summed E-state index contributed by atoms with van der Waals surface area (Å²) in [5.74, 6) is -1.89. The molecule has 1 unspecified atom stereocenters. The van der Waals surface area contributed by atoms with Crippen LogP contribution in [0.25, 0.3) is 11.1 Å². The van der Waals surface area contributed by atoms with Gasteiger partial charge in [0.15, 0.2) is 0 Å². The summed E-state index contributed by atoms with van der Waals surface area (Å²) >= 11 is 0. The highest BCUT2D eigenvalue weighted by atomic mass is 16.5. The molecule has 1 heterocycles. The van der Waals surface area contributed by atoms with Crippen molar-refractivity contribution in [3.8, 4) is 11.1 Å². The third-order valence-electron chi connectivity index (χ3n) is 6.45. The smallest absolute Gasteiger partial charge is 0.407 e. The van der Waals surface area contributed by atoms with Gasteiger partial charge in [0.25, 0.3) is 0 Å².